The molecule has 1 aliphatic heterocycles. The zero-order valence-corrected chi connectivity index (χ0v) is 11.1. The molecule has 0 unspecified atom stereocenters. The van der Waals surface area contributed by atoms with E-state index in [0.29, 0.717) is 11.7 Å². The number of fused-ring (bicyclic) bond motifs is 1. The zero-order valence-electron chi connectivity index (χ0n) is 11.1. The lowest BCUT2D eigenvalue weighted by Crippen LogP contribution is -1.97. The third-order valence-corrected chi connectivity index (χ3v) is 3.33. The van der Waals surface area contributed by atoms with Gasteiger partial charge in [-0.1, -0.05) is 43.0 Å². The molecular formula is C17H15NO. The van der Waals surface area contributed by atoms with Gasteiger partial charge in [0.05, 0.1) is 5.69 Å². The summed E-state index contributed by atoms with van der Waals surface area (Å²) in [5.41, 5.74) is 5.29. The van der Waals surface area contributed by atoms with Crippen LogP contribution < -0.4 is 0 Å². The van der Waals surface area contributed by atoms with Crippen LogP contribution in [0.1, 0.15) is 22.3 Å². The SMILES string of the molecule is C=C1O/C(=N\c2c(C)cccc2C)c2ccccc21. The van der Waals surface area contributed by atoms with Crippen LogP contribution in [0.5, 0.6) is 0 Å². The quantitative estimate of drug-likeness (QED) is 0.734. The summed E-state index contributed by atoms with van der Waals surface area (Å²) in [6.45, 7) is 8.04. The highest BCUT2D eigenvalue weighted by Gasteiger charge is 2.22. The van der Waals surface area contributed by atoms with E-state index in [1.165, 1.54) is 0 Å². The Morgan fingerprint density at radius 1 is 0.895 bits per heavy atom. The van der Waals surface area contributed by atoms with Crippen LogP contribution in [0, 0.1) is 13.8 Å². The van der Waals surface area contributed by atoms with Gasteiger partial charge in [-0.15, -0.1) is 0 Å². The Kier molecular flexibility index (Phi) is 2.71. The number of aliphatic imine (C=N–C) groups is 1. The lowest BCUT2D eigenvalue weighted by Gasteiger charge is -2.05. The van der Waals surface area contributed by atoms with E-state index >= 15 is 0 Å². The monoisotopic (exact) mass is 249 g/mol. The highest BCUT2D eigenvalue weighted by atomic mass is 16.5. The number of para-hydroxylation sites is 1. The van der Waals surface area contributed by atoms with Crippen molar-refractivity contribution in [3.05, 3.63) is 71.3 Å². The molecule has 0 saturated carbocycles. The van der Waals surface area contributed by atoms with Gasteiger partial charge in [0.1, 0.15) is 5.76 Å². The number of rotatable bonds is 1. The van der Waals surface area contributed by atoms with E-state index in [9.17, 15) is 0 Å². The maximum Gasteiger partial charge on any atom is 0.227 e. The average Bonchev–Trinajstić information content (AvgIpc) is 2.72. The third kappa shape index (κ3) is 1.95. The maximum atomic E-state index is 5.70. The molecule has 0 fully saturated rings. The molecule has 0 amide bonds. The van der Waals surface area contributed by atoms with Gasteiger partial charge < -0.3 is 4.74 Å². The van der Waals surface area contributed by atoms with E-state index in [1.54, 1.807) is 0 Å². The van der Waals surface area contributed by atoms with E-state index in [1.807, 2.05) is 30.3 Å². The summed E-state index contributed by atoms with van der Waals surface area (Å²) in [6, 6.07) is 14.1. The van der Waals surface area contributed by atoms with Crippen LogP contribution in [-0.4, -0.2) is 5.90 Å². The average molecular weight is 249 g/mol. The van der Waals surface area contributed by atoms with Crippen LogP contribution in [-0.2, 0) is 4.74 Å². The van der Waals surface area contributed by atoms with Gasteiger partial charge in [0.2, 0.25) is 5.90 Å². The van der Waals surface area contributed by atoms with E-state index in [0.717, 1.165) is 27.9 Å². The molecule has 0 bridgehead atoms. The van der Waals surface area contributed by atoms with Crippen molar-refractivity contribution in [2.45, 2.75) is 13.8 Å². The van der Waals surface area contributed by atoms with Crippen LogP contribution in [0.15, 0.2) is 54.0 Å². The number of hydrogen-bond donors (Lipinski definition) is 0. The summed E-state index contributed by atoms with van der Waals surface area (Å²) >= 11 is 0. The van der Waals surface area contributed by atoms with Gasteiger partial charge in [-0.05, 0) is 31.0 Å². The van der Waals surface area contributed by atoms with Crippen molar-refractivity contribution >= 4 is 17.3 Å². The molecule has 2 heteroatoms. The van der Waals surface area contributed by atoms with E-state index < -0.39 is 0 Å². The van der Waals surface area contributed by atoms with E-state index in [4.69, 9.17) is 4.74 Å². The number of aryl methyl sites for hydroxylation is 2. The predicted octanol–water partition coefficient (Wildman–Crippen LogP) is 4.38. The first kappa shape index (κ1) is 11.7. The second-order valence-corrected chi connectivity index (χ2v) is 4.73. The molecule has 0 spiro atoms. The Morgan fingerprint density at radius 3 is 2.21 bits per heavy atom. The van der Waals surface area contributed by atoms with Gasteiger partial charge in [0.15, 0.2) is 0 Å². The van der Waals surface area contributed by atoms with Gasteiger partial charge in [-0.3, -0.25) is 0 Å². The number of hydrogen-bond acceptors (Lipinski definition) is 2. The highest BCUT2D eigenvalue weighted by molar-refractivity contribution is 6.07. The molecule has 1 aliphatic rings. The summed E-state index contributed by atoms with van der Waals surface area (Å²) in [5, 5.41) is 0. The molecule has 2 aromatic rings. The van der Waals surface area contributed by atoms with Crippen molar-refractivity contribution in [1.29, 1.82) is 0 Å². The minimum Gasteiger partial charge on any atom is -0.438 e. The van der Waals surface area contributed by atoms with Crippen molar-refractivity contribution in [3.63, 3.8) is 0 Å². The molecule has 94 valence electrons. The van der Waals surface area contributed by atoms with E-state index in [2.05, 4.69) is 37.6 Å². The number of ether oxygens (including phenoxy) is 1. The fraction of sp³-hybridized carbons (Fsp3) is 0.118. The van der Waals surface area contributed by atoms with Gasteiger partial charge >= 0.3 is 0 Å². The van der Waals surface area contributed by atoms with Crippen LogP contribution in [0.25, 0.3) is 5.76 Å². The lowest BCUT2D eigenvalue weighted by molar-refractivity contribution is 0.527. The van der Waals surface area contributed by atoms with Gasteiger partial charge in [0, 0.05) is 11.1 Å². The van der Waals surface area contributed by atoms with Crippen molar-refractivity contribution in [2.75, 3.05) is 0 Å². The highest BCUT2D eigenvalue weighted by Crippen LogP contribution is 2.32. The maximum absolute atomic E-state index is 5.70. The molecular weight excluding hydrogens is 234 g/mol. The van der Waals surface area contributed by atoms with Crippen molar-refractivity contribution in [1.82, 2.24) is 0 Å². The molecule has 0 atom stereocenters. The van der Waals surface area contributed by atoms with Crippen LogP contribution in [0.3, 0.4) is 0 Å². The molecule has 2 nitrogen and oxygen atoms in total. The fourth-order valence-corrected chi connectivity index (χ4v) is 2.31. The van der Waals surface area contributed by atoms with Crippen LogP contribution in [0.2, 0.25) is 0 Å². The Balaban J connectivity index is 2.14. The fourth-order valence-electron chi connectivity index (χ4n) is 2.31. The zero-order chi connectivity index (χ0) is 13.4. The van der Waals surface area contributed by atoms with Gasteiger partial charge in [0.25, 0.3) is 0 Å². The smallest absolute Gasteiger partial charge is 0.227 e. The lowest BCUT2D eigenvalue weighted by atomic mass is 10.1. The molecule has 0 aliphatic carbocycles. The van der Waals surface area contributed by atoms with Crippen molar-refractivity contribution in [3.8, 4) is 0 Å². The second-order valence-electron chi connectivity index (χ2n) is 4.73. The van der Waals surface area contributed by atoms with Gasteiger partial charge in [-0.2, -0.15) is 0 Å². The predicted molar refractivity (Wildman–Crippen MR) is 78.7 cm³/mol. The van der Waals surface area contributed by atoms with Crippen LogP contribution >= 0.6 is 0 Å². The topological polar surface area (TPSA) is 21.6 Å². The molecule has 19 heavy (non-hydrogen) atoms. The first-order valence-electron chi connectivity index (χ1n) is 6.28. The third-order valence-electron chi connectivity index (χ3n) is 3.33. The molecule has 0 aromatic heterocycles. The molecule has 0 N–H and O–H groups in total. The Hall–Kier alpha value is -2.35. The summed E-state index contributed by atoms with van der Waals surface area (Å²) in [5.74, 6) is 1.30. The first-order chi connectivity index (χ1) is 9.16. The Morgan fingerprint density at radius 2 is 1.53 bits per heavy atom. The summed E-state index contributed by atoms with van der Waals surface area (Å²) in [7, 11) is 0. The second kappa shape index (κ2) is 4.39. The van der Waals surface area contributed by atoms with Crippen LogP contribution in [0.4, 0.5) is 5.69 Å². The van der Waals surface area contributed by atoms with Crippen molar-refractivity contribution in [2.24, 2.45) is 4.99 Å². The molecule has 0 saturated heterocycles. The minimum absolute atomic E-state index is 0.637. The largest absolute Gasteiger partial charge is 0.438 e. The van der Waals surface area contributed by atoms with Gasteiger partial charge in [-0.25, -0.2) is 4.99 Å². The number of nitrogens with zero attached hydrogens (tertiary/aromatic N) is 1. The summed E-state index contributed by atoms with van der Waals surface area (Å²) < 4.78 is 5.70. The van der Waals surface area contributed by atoms with E-state index in [-0.39, 0.29) is 0 Å². The normalized spacial score (nSPS) is 15.5. The number of benzene rings is 2. The minimum atomic E-state index is 0.637. The summed E-state index contributed by atoms with van der Waals surface area (Å²) in [4.78, 5) is 4.68. The Bertz CT molecular complexity index is 678. The molecule has 3 rings (SSSR count). The molecule has 0 radical (unpaired) electrons. The Labute approximate surface area is 113 Å². The first-order valence-corrected chi connectivity index (χ1v) is 6.28. The van der Waals surface area contributed by atoms with Crippen molar-refractivity contribution < 1.29 is 4.74 Å². The molecule has 1 heterocycles. The summed E-state index contributed by atoms with van der Waals surface area (Å²) in [6.07, 6.45) is 0. The standard InChI is InChI=1S/C17H15NO/c1-11-7-6-8-12(2)16(11)18-17-15-10-5-4-9-14(15)13(3)19-17/h4-10H,3H2,1-2H3/b18-17-. The molecule has 2 aromatic carbocycles.